The van der Waals surface area contributed by atoms with Gasteiger partial charge in [-0.15, -0.1) is 0 Å². The first-order chi connectivity index (χ1) is 15.0. The molecule has 1 fully saturated rings. The van der Waals surface area contributed by atoms with Crippen LogP contribution in [0.1, 0.15) is 43.7 Å². The molecule has 1 N–H and O–H groups in total. The predicted octanol–water partition coefficient (Wildman–Crippen LogP) is 4.51. The molecular weight excluding hydrogens is 428 g/mol. The second kappa shape index (κ2) is 9.17. The number of carbonyl (C=O) groups is 2. The van der Waals surface area contributed by atoms with Crippen molar-refractivity contribution in [1.82, 2.24) is 9.88 Å². The van der Waals surface area contributed by atoms with Crippen LogP contribution in [0.15, 0.2) is 42.5 Å². The van der Waals surface area contributed by atoms with E-state index in [1.807, 2.05) is 52.0 Å². The Balaban J connectivity index is 1.66. The van der Waals surface area contributed by atoms with E-state index in [1.54, 1.807) is 30.1 Å². The molecule has 1 aliphatic rings. The number of rotatable bonds is 4. The van der Waals surface area contributed by atoms with Gasteiger partial charge in [-0.25, -0.2) is 9.47 Å². The van der Waals surface area contributed by atoms with Crippen LogP contribution in [-0.2, 0) is 6.54 Å². The molecule has 7 nitrogen and oxygen atoms in total. The highest BCUT2D eigenvalue weighted by atomic mass is 35.5. The minimum Gasteiger partial charge on any atom is -0.435 e. The zero-order valence-corrected chi connectivity index (χ0v) is 20.1. The molecule has 2 heterocycles. The normalized spacial score (nSPS) is 21.9. The molecule has 32 heavy (non-hydrogen) atoms. The van der Waals surface area contributed by atoms with Crippen molar-refractivity contribution >= 4 is 29.3 Å². The summed E-state index contributed by atoms with van der Waals surface area (Å²) in [5.41, 5.74) is 1.81. The number of halogens is 1. The first-order valence-corrected chi connectivity index (χ1v) is 11.2. The monoisotopic (exact) mass is 459 g/mol. The van der Waals surface area contributed by atoms with E-state index in [2.05, 4.69) is 9.88 Å². The first-order valence-electron chi connectivity index (χ1n) is 10.8. The van der Waals surface area contributed by atoms with Crippen LogP contribution in [0, 0.1) is 0 Å². The number of aromatic nitrogens is 1. The van der Waals surface area contributed by atoms with Gasteiger partial charge in [0.2, 0.25) is 0 Å². The summed E-state index contributed by atoms with van der Waals surface area (Å²) in [7, 11) is 1.71. The van der Waals surface area contributed by atoms with Crippen molar-refractivity contribution in [3.8, 4) is 0 Å². The third kappa shape index (κ3) is 4.65. The van der Waals surface area contributed by atoms with Gasteiger partial charge >= 0.3 is 6.09 Å². The molecule has 3 rings (SSSR count). The lowest BCUT2D eigenvalue weighted by Crippen LogP contribution is -2.73. The van der Waals surface area contributed by atoms with Crippen molar-refractivity contribution in [2.24, 2.45) is 0 Å². The Morgan fingerprint density at radius 2 is 1.88 bits per heavy atom. The summed E-state index contributed by atoms with van der Waals surface area (Å²) in [4.78, 5) is 32.8. The standard InChI is InChI=1S/C24H31ClN4O3/c1-17-15-28(13-14-29(17,23(31)32)24(2,3)4)16-18-9-11-19(12-10-18)27(5)22(30)20-7-6-8-21(25)26-20/h6-12,17H,13-16H2,1-5H3/p+1/t17-,29?/m0/s1. The zero-order valence-electron chi connectivity index (χ0n) is 19.4. The van der Waals surface area contributed by atoms with Gasteiger partial charge in [-0.3, -0.25) is 9.69 Å². The van der Waals surface area contributed by atoms with Gasteiger partial charge in [-0.2, -0.15) is 4.79 Å². The molecular formula is C24H32ClN4O3+. The van der Waals surface area contributed by atoms with Gasteiger partial charge in [0.1, 0.15) is 29.0 Å². The molecule has 0 spiro atoms. The number of nitrogens with zero attached hydrogens (tertiary/aromatic N) is 4. The summed E-state index contributed by atoms with van der Waals surface area (Å²) < 4.78 is 0.0763. The van der Waals surface area contributed by atoms with Crippen molar-refractivity contribution < 1.29 is 19.2 Å². The Morgan fingerprint density at radius 1 is 1.22 bits per heavy atom. The molecule has 2 amide bonds. The number of piperazine rings is 1. The van der Waals surface area contributed by atoms with Gasteiger partial charge in [-0.1, -0.05) is 29.8 Å². The van der Waals surface area contributed by atoms with Crippen molar-refractivity contribution in [1.29, 1.82) is 0 Å². The average molecular weight is 460 g/mol. The van der Waals surface area contributed by atoms with Crippen LogP contribution in [0.25, 0.3) is 0 Å². The van der Waals surface area contributed by atoms with Crippen LogP contribution in [0.4, 0.5) is 10.5 Å². The number of carboxylic acid groups (broad SMARTS) is 1. The maximum absolute atomic E-state index is 12.7. The predicted molar refractivity (Wildman–Crippen MR) is 126 cm³/mol. The van der Waals surface area contributed by atoms with Crippen LogP contribution in [0.5, 0.6) is 0 Å². The van der Waals surface area contributed by atoms with Crippen LogP contribution >= 0.6 is 11.6 Å². The highest BCUT2D eigenvalue weighted by Crippen LogP contribution is 2.32. The molecule has 0 aliphatic carbocycles. The molecule has 8 heteroatoms. The number of anilines is 1. The molecule has 0 radical (unpaired) electrons. The Labute approximate surface area is 194 Å². The highest BCUT2D eigenvalue weighted by molar-refractivity contribution is 6.29. The van der Waals surface area contributed by atoms with E-state index in [1.165, 1.54) is 0 Å². The fourth-order valence-corrected chi connectivity index (χ4v) is 4.90. The Hall–Kier alpha value is -2.48. The molecule has 1 aliphatic heterocycles. The van der Waals surface area contributed by atoms with Crippen LogP contribution in [-0.4, -0.2) is 69.7 Å². The summed E-state index contributed by atoms with van der Waals surface area (Å²) >= 11 is 5.90. The number of quaternary nitrogens is 1. The van der Waals surface area contributed by atoms with Crippen LogP contribution in [0.2, 0.25) is 5.15 Å². The van der Waals surface area contributed by atoms with E-state index in [0.717, 1.165) is 17.8 Å². The second-order valence-electron chi connectivity index (χ2n) is 9.51. The summed E-state index contributed by atoms with van der Waals surface area (Å²) in [6.45, 7) is 10.8. The number of pyridine rings is 1. The number of amides is 2. The average Bonchev–Trinajstić information content (AvgIpc) is 2.72. The number of hydrogen-bond acceptors (Lipinski definition) is 4. The minimum absolute atomic E-state index is 0.0190. The number of carbonyl (C=O) groups excluding carboxylic acids is 1. The van der Waals surface area contributed by atoms with Crippen LogP contribution < -0.4 is 4.90 Å². The Morgan fingerprint density at radius 3 is 2.41 bits per heavy atom. The molecule has 1 aromatic heterocycles. The molecule has 0 bridgehead atoms. The lowest BCUT2D eigenvalue weighted by molar-refractivity contribution is -0.929. The van der Waals surface area contributed by atoms with Gasteiger partial charge in [0.15, 0.2) is 0 Å². The topological polar surface area (TPSA) is 73.7 Å². The van der Waals surface area contributed by atoms with E-state index in [4.69, 9.17) is 11.6 Å². The quantitative estimate of drug-likeness (QED) is 0.538. The fraction of sp³-hybridized carbons (Fsp3) is 0.458. The molecule has 1 saturated heterocycles. The van der Waals surface area contributed by atoms with Gasteiger partial charge in [0, 0.05) is 25.8 Å². The van der Waals surface area contributed by atoms with E-state index >= 15 is 0 Å². The summed E-state index contributed by atoms with van der Waals surface area (Å²) in [5.74, 6) is -0.227. The minimum atomic E-state index is -0.754. The van der Waals surface area contributed by atoms with Crippen molar-refractivity contribution in [2.75, 3.05) is 31.6 Å². The van der Waals surface area contributed by atoms with Gasteiger partial charge in [0.05, 0.1) is 6.54 Å². The van der Waals surface area contributed by atoms with Crippen molar-refractivity contribution in [3.05, 3.63) is 58.9 Å². The smallest absolute Gasteiger partial charge is 0.435 e. The summed E-state index contributed by atoms with van der Waals surface area (Å²) in [6, 6.07) is 12.8. The molecule has 0 saturated carbocycles. The number of benzene rings is 1. The van der Waals surface area contributed by atoms with Crippen molar-refractivity contribution in [3.63, 3.8) is 0 Å². The van der Waals surface area contributed by atoms with E-state index in [-0.39, 0.29) is 27.1 Å². The maximum atomic E-state index is 12.7. The van der Waals surface area contributed by atoms with E-state index in [9.17, 15) is 14.7 Å². The van der Waals surface area contributed by atoms with E-state index < -0.39 is 6.09 Å². The lowest BCUT2D eigenvalue weighted by atomic mass is 9.95. The van der Waals surface area contributed by atoms with Crippen molar-refractivity contribution in [2.45, 2.75) is 45.8 Å². The first kappa shape index (κ1) is 24.2. The summed E-state index contributed by atoms with van der Waals surface area (Å²) in [5, 5.41) is 10.3. The Kier molecular flexibility index (Phi) is 6.93. The van der Waals surface area contributed by atoms with Gasteiger partial charge < -0.3 is 10.0 Å². The SMILES string of the molecule is C[C@H]1CN(Cc2ccc(N(C)C(=O)c3cccc(Cl)n3)cc2)CC[N+]1(C(=O)O)C(C)(C)C. The molecule has 2 atom stereocenters. The summed E-state index contributed by atoms with van der Waals surface area (Å²) in [6.07, 6.45) is -0.754. The second-order valence-corrected chi connectivity index (χ2v) is 9.89. The third-order valence-corrected chi connectivity index (χ3v) is 6.76. The largest absolute Gasteiger partial charge is 0.514 e. The zero-order chi connectivity index (χ0) is 23.7. The lowest BCUT2D eigenvalue weighted by Gasteiger charge is -2.52. The fourth-order valence-electron chi connectivity index (χ4n) is 4.73. The molecule has 2 aromatic rings. The van der Waals surface area contributed by atoms with Gasteiger partial charge in [0.25, 0.3) is 5.91 Å². The highest BCUT2D eigenvalue weighted by Gasteiger charge is 2.54. The van der Waals surface area contributed by atoms with Gasteiger partial charge in [-0.05, 0) is 57.5 Å². The molecule has 1 aromatic carbocycles. The Bertz CT molecular complexity index is 989. The molecule has 1 unspecified atom stereocenters. The number of hydrogen-bond donors (Lipinski definition) is 1. The maximum Gasteiger partial charge on any atom is 0.514 e. The third-order valence-electron chi connectivity index (χ3n) is 6.55. The van der Waals surface area contributed by atoms with E-state index in [0.29, 0.717) is 25.3 Å². The molecule has 172 valence electrons. The van der Waals surface area contributed by atoms with Crippen LogP contribution in [0.3, 0.4) is 0 Å².